The maximum absolute atomic E-state index is 12.4. The van der Waals surface area contributed by atoms with Gasteiger partial charge in [-0.3, -0.25) is 4.57 Å². The predicted octanol–water partition coefficient (Wildman–Crippen LogP) is 2.99. The van der Waals surface area contributed by atoms with Crippen LogP contribution in [-0.2, 0) is 6.42 Å². The highest BCUT2D eigenvalue weighted by Gasteiger charge is 2.10. The highest BCUT2D eigenvalue weighted by molar-refractivity contribution is 5.76. The largest absolute Gasteiger partial charge is 0.320 e. The van der Waals surface area contributed by atoms with Gasteiger partial charge in [0.25, 0.3) is 0 Å². The van der Waals surface area contributed by atoms with Gasteiger partial charge in [0.05, 0.1) is 0 Å². The molecule has 0 aliphatic carbocycles. The fourth-order valence-corrected chi connectivity index (χ4v) is 1.44. The van der Waals surface area contributed by atoms with E-state index in [4.69, 9.17) is 0 Å². The van der Waals surface area contributed by atoms with E-state index in [9.17, 15) is 8.78 Å². The van der Waals surface area contributed by atoms with Gasteiger partial charge in [-0.1, -0.05) is 6.92 Å². The van der Waals surface area contributed by atoms with Gasteiger partial charge >= 0.3 is 6.55 Å². The van der Waals surface area contributed by atoms with Gasteiger partial charge < -0.3 is 0 Å². The average Bonchev–Trinajstić information content (AvgIpc) is 2.59. The zero-order chi connectivity index (χ0) is 10.1. The third-order valence-corrected chi connectivity index (χ3v) is 2.23. The Kier molecular flexibility index (Phi) is 2.19. The molecule has 0 N–H and O–H groups in total. The molecule has 0 saturated heterocycles. The maximum atomic E-state index is 12.4. The summed E-state index contributed by atoms with van der Waals surface area (Å²) in [5.74, 6) is 0. The van der Waals surface area contributed by atoms with Crippen LogP contribution in [0.2, 0.25) is 0 Å². The molecule has 2 aromatic heterocycles. The summed E-state index contributed by atoms with van der Waals surface area (Å²) in [6.45, 7) is -0.514. The molecule has 0 radical (unpaired) electrons. The van der Waals surface area contributed by atoms with Crippen LogP contribution in [0.25, 0.3) is 11.0 Å². The van der Waals surface area contributed by atoms with Gasteiger partial charge in [-0.15, -0.1) is 0 Å². The molecular formula is C10H10F2N2. The summed E-state index contributed by atoms with van der Waals surface area (Å²) in [5.41, 5.74) is 1.40. The Labute approximate surface area is 80.2 Å². The molecule has 74 valence electrons. The average molecular weight is 196 g/mol. The highest BCUT2D eigenvalue weighted by Crippen LogP contribution is 2.20. The van der Waals surface area contributed by atoms with E-state index in [0.717, 1.165) is 21.9 Å². The molecule has 2 rings (SSSR count). The molecule has 0 aliphatic rings. The van der Waals surface area contributed by atoms with Crippen LogP contribution in [0.3, 0.4) is 0 Å². The fourth-order valence-electron chi connectivity index (χ4n) is 1.44. The number of fused-ring (bicyclic) bond motifs is 1. The molecule has 0 amide bonds. The molecule has 0 bridgehead atoms. The molecule has 4 heteroatoms. The van der Waals surface area contributed by atoms with E-state index < -0.39 is 6.55 Å². The van der Waals surface area contributed by atoms with E-state index in [1.54, 1.807) is 12.3 Å². The van der Waals surface area contributed by atoms with E-state index in [1.165, 1.54) is 6.20 Å². The lowest BCUT2D eigenvalue weighted by Gasteiger charge is -2.02. The topological polar surface area (TPSA) is 17.8 Å². The van der Waals surface area contributed by atoms with Crippen molar-refractivity contribution in [3.8, 4) is 0 Å². The normalized spacial score (nSPS) is 11.4. The predicted molar refractivity (Wildman–Crippen MR) is 50.4 cm³/mol. The molecular weight excluding hydrogens is 186 g/mol. The summed E-state index contributed by atoms with van der Waals surface area (Å²) < 4.78 is 25.7. The third kappa shape index (κ3) is 1.36. The number of hydrogen-bond acceptors (Lipinski definition) is 1. The second-order valence-electron chi connectivity index (χ2n) is 3.11. The van der Waals surface area contributed by atoms with Gasteiger partial charge in [0.2, 0.25) is 0 Å². The Morgan fingerprint density at radius 1 is 1.50 bits per heavy atom. The SMILES string of the molecule is CCc1cnc2c(ccn2C(F)F)c1. The molecule has 0 unspecified atom stereocenters. The molecule has 2 heterocycles. The second kappa shape index (κ2) is 3.36. The zero-order valence-corrected chi connectivity index (χ0v) is 7.74. The summed E-state index contributed by atoms with van der Waals surface area (Å²) in [6.07, 6.45) is 3.87. The van der Waals surface area contributed by atoms with Gasteiger partial charge in [-0.25, -0.2) is 4.98 Å². The van der Waals surface area contributed by atoms with Gasteiger partial charge in [0, 0.05) is 17.8 Å². The monoisotopic (exact) mass is 196 g/mol. The Bertz CT molecular complexity index is 448. The molecule has 0 saturated carbocycles. The first-order valence-corrected chi connectivity index (χ1v) is 4.46. The number of alkyl halides is 2. The van der Waals surface area contributed by atoms with Crippen molar-refractivity contribution >= 4 is 11.0 Å². The van der Waals surface area contributed by atoms with Crippen LogP contribution in [-0.4, -0.2) is 9.55 Å². The van der Waals surface area contributed by atoms with Crippen LogP contribution in [0, 0.1) is 0 Å². The van der Waals surface area contributed by atoms with Crippen LogP contribution in [0.4, 0.5) is 8.78 Å². The number of hydrogen-bond donors (Lipinski definition) is 0. The van der Waals surface area contributed by atoms with Gasteiger partial charge in [0.1, 0.15) is 5.65 Å². The molecule has 0 spiro atoms. The first-order valence-electron chi connectivity index (χ1n) is 4.46. The second-order valence-corrected chi connectivity index (χ2v) is 3.11. The summed E-state index contributed by atoms with van der Waals surface area (Å²) in [5, 5.41) is 0.768. The molecule has 2 nitrogen and oxygen atoms in total. The number of nitrogens with zero attached hydrogens (tertiary/aromatic N) is 2. The van der Waals surface area contributed by atoms with Crippen LogP contribution >= 0.6 is 0 Å². The van der Waals surface area contributed by atoms with Crippen molar-refractivity contribution in [3.05, 3.63) is 30.1 Å². The minimum absolute atomic E-state index is 0.345. The van der Waals surface area contributed by atoms with Crippen molar-refractivity contribution in [1.29, 1.82) is 0 Å². The van der Waals surface area contributed by atoms with E-state index in [0.29, 0.717) is 5.65 Å². The van der Waals surface area contributed by atoms with E-state index in [2.05, 4.69) is 4.98 Å². The number of pyridine rings is 1. The molecule has 0 atom stereocenters. The van der Waals surface area contributed by atoms with Crippen LogP contribution in [0.5, 0.6) is 0 Å². The summed E-state index contributed by atoms with van der Waals surface area (Å²) in [4.78, 5) is 4.02. The van der Waals surface area contributed by atoms with E-state index in [-0.39, 0.29) is 0 Å². The molecule has 14 heavy (non-hydrogen) atoms. The zero-order valence-electron chi connectivity index (χ0n) is 7.74. The van der Waals surface area contributed by atoms with Crippen molar-refractivity contribution in [2.24, 2.45) is 0 Å². The first-order chi connectivity index (χ1) is 6.72. The summed E-state index contributed by atoms with van der Waals surface area (Å²) in [7, 11) is 0. The van der Waals surface area contributed by atoms with E-state index in [1.807, 2.05) is 13.0 Å². The van der Waals surface area contributed by atoms with Gasteiger partial charge in [-0.2, -0.15) is 8.78 Å². The quantitative estimate of drug-likeness (QED) is 0.721. The van der Waals surface area contributed by atoms with Crippen molar-refractivity contribution in [3.63, 3.8) is 0 Å². The van der Waals surface area contributed by atoms with E-state index >= 15 is 0 Å². The number of aryl methyl sites for hydroxylation is 1. The van der Waals surface area contributed by atoms with Crippen LogP contribution in [0.1, 0.15) is 19.0 Å². The Balaban J connectivity index is 2.59. The van der Waals surface area contributed by atoms with Crippen molar-refractivity contribution < 1.29 is 8.78 Å². The fraction of sp³-hybridized carbons (Fsp3) is 0.300. The first kappa shape index (κ1) is 9.12. The lowest BCUT2D eigenvalue weighted by molar-refractivity contribution is 0.0746. The highest BCUT2D eigenvalue weighted by atomic mass is 19.3. The van der Waals surface area contributed by atoms with Crippen molar-refractivity contribution in [2.45, 2.75) is 19.9 Å². The smallest absolute Gasteiger partial charge is 0.275 e. The lowest BCUT2D eigenvalue weighted by atomic mass is 10.2. The van der Waals surface area contributed by atoms with Gasteiger partial charge in [0.15, 0.2) is 0 Å². The maximum Gasteiger partial charge on any atom is 0.320 e. The number of rotatable bonds is 2. The molecule has 0 fully saturated rings. The Hall–Kier alpha value is -1.45. The number of halogens is 2. The standard InChI is InChI=1S/C10H10F2N2/c1-2-7-5-8-3-4-14(10(11)12)9(8)13-6-7/h3-6,10H,2H2,1H3. The Morgan fingerprint density at radius 2 is 2.29 bits per heavy atom. The van der Waals surface area contributed by atoms with Gasteiger partial charge in [-0.05, 0) is 24.1 Å². The molecule has 0 aromatic carbocycles. The minimum Gasteiger partial charge on any atom is -0.275 e. The summed E-state index contributed by atoms with van der Waals surface area (Å²) in [6, 6.07) is 3.55. The summed E-state index contributed by atoms with van der Waals surface area (Å²) >= 11 is 0. The van der Waals surface area contributed by atoms with Crippen LogP contribution < -0.4 is 0 Å². The van der Waals surface area contributed by atoms with Crippen molar-refractivity contribution in [1.82, 2.24) is 9.55 Å². The molecule has 0 aliphatic heterocycles. The molecule has 2 aromatic rings. The third-order valence-electron chi connectivity index (χ3n) is 2.23. The Morgan fingerprint density at radius 3 is 2.93 bits per heavy atom. The minimum atomic E-state index is -2.52. The lowest BCUT2D eigenvalue weighted by Crippen LogP contribution is -1.97. The van der Waals surface area contributed by atoms with Crippen LogP contribution in [0.15, 0.2) is 24.5 Å². The van der Waals surface area contributed by atoms with Crippen molar-refractivity contribution in [2.75, 3.05) is 0 Å². The number of aromatic nitrogens is 2.